The molecule has 2 N–H and O–H groups in total. The lowest BCUT2D eigenvalue weighted by Gasteiger charge is -2.21. The standard InChI is InChI=1S/C15H22N2O4S/c1-12-4-3-11-17(12)22(20,21)16-14-9-7-13(8-10-14)5-2-6-15(18)19/h7-10,12,16H,2-6,11H2,1H3,(H,18,19). The van der Waals surface area contributed by atoms with Gasteiger partial charge in [-0.1, -0.05) is 12.1 Å². The molecule has 0 radical (unpaired) electrons. The second-order valence-corrected chi connectivity index (χ2v) is 7.28. The van der Waals surface area contributed by atoms with Crippen molar-refractivity contribution in [2.24, 2.45) is 0 Å². The van der Waals surface area contributed by atoms with Gasteiger partial charge in [-0.15, -0.1) is 0 Å². The van der Waals surface area contributed by atoms with Gasteiger partial charge in [-0.3, -0.25) is 9.52 Å². The van der Waals surface area contributed by atoms with Crippen molar-refractivity contribution >= 4 is 21.9 Å². The van der Waals surface area contributed by atoms with Gasteiger partial charge in [0.1, 0.15) is 0 Å². The Labute approximate surface area is 131 Å². The van der Waals surface area contributed by atoms with E-state index in [1.165, 1.54) is 4.31 Å². The summed E-state index contributed by atoms with van der Waals surface area (Å²) in [5.74, 6) is -0.802. The number of carbonyl (C=O) groups is 1. The van der Waals surface area contributed by atoms with Crippen molar-refractivity contribution in [1.29, 1.82) is 0 Å². The first-order valence-corrected chi connectivity index (χ1v) is 8.93. The number of carboxylic acids is 1. The Morgan fingerprint density at radius 2 is 2.05 bits per heavy atom. The maximum atomic E-state index is 12.3. The third-order valence-electron chi connectivity index (χ3n) is 3.86. The fraction of sp³-hybridized carbons (Fsp3) is 0.533. The predicted octanol–water partition coefficient (Wildman–Crippen LogP) is 2.23. The number of nitrogens with zero attached hydrogens (tertiary/aromatic N) is 1. The molecule has 1 aromatic carbocycles. The molecule has 1 unspecified atom stereocenters. The number of hydrogen-bond donors (Lipinski definition) is 2. The van der Waals surface area contributed by atoms with Gasteiger partial charge < -0.3 is 5.11 Å². The maximum Gasteiger partial charge on any atom is 0.303 e. The van der Waals surface area contributed by atoms with E-state index < -0.39 is 16.2 Å². The van der Waals surface area contributed by atoms with Crippen LogP contribution in [0.25, 0.3) is 0 Å². The number of hydrogen-bond acceptors (Lipinski definition) is 3. The zero-order chi connectivity index (χ0) is 16.2. The quantitative estimate of drug-likeness (QED) is 0.804. The van der Waals surface area contributed by atoms with Crippen LogP contribution in [-0.4, -0.2) is 36.4 Å². The fourth-order valence-electron chi connectivity index (χ4n) is 2.65. The van der Waals surface area contributed by atoms with E-state index in [-0.39, 0.29) is 12.5 Å². The molecular formula is C15H22N2O4S. The molecular weight excluding hydrogens is 304 g/mol. The Bertz CT molecular complexity index is 613. The van der Waals surface area contributed by atoms with Crippen LogP contribution < -0.4 is 4.72 Å². The summed E-state index contributed by atoms with van der Waals surface area (Å²) in [5.41, 5.74) is 1.53. The minimum Gasteiger partial charge on any atom is -0.481 e. The Morgan fingerprint density at radius 1 is 1.36 bits per heavy atom. The van der Waals surface area contributed by atoms with Gasteiger partial charge in [-0.25, -0.2) is 0 Å². The van der Waals surface area contributed by atoms with Crippen LogP contribution in [0.15, 0.2) is 24.3 Å². The Morgan fingerprint density at radius 3 is 2.59 bits per heavy atom. The van der Waals surface area contributed by atoms with E-state index in [0.29, 0.717) is 25.1 Å². The zero-order valence-corrected chi connectivity index (χ0v) is 13.5. The SMILES string of the molecule is CC1CCCN1S(=O)(=O)Nc1ccc(CCCC(=O)O)cc1. The number of nitrogens with one attached hydrogen (secondary N) is 1. The van der Waals surface area contributed by atoms with Crippen LogP contribution in [0.1, 0.15) is 38.2 Å². The summed E-state index contributed by atoms with van der Waals surface area (Å²) in [4.78, 5) is 10.5. The van der Waals surface area contributed by atoms with Gasteiger partial charge in [0, 0.05) is 24.7 Å². The van der Waals surface area contributed by atoms with Crippen LogP contribution in [0, 0.1) is 0 Å². The summed E-state index contributed by atoms with van der Waals surface area (Å²) in [6, 6.07) is 7.12. The van der Waals surface area contributed by atoms with Crippen LogP contribution in [0.5, 0.6) is 0 Å². The van der Waals surface area contributed by atoms with E-state index in [9.17, 15) is 13.2 Å². The Balaban J connectivity index is 1.94. The summed E-state index contributed by atoms with van der Waals surface area (Å²) in [6.45, 7) is 2.47. The molecule has 1 fully saturated rings. The number of benzene rings is 1. The van der Waals surface area contributed by atoms with Crippen LogP contribution in [0.4, 0.5) is 5.69 Å². The molecule has 1 heterocycles. The Hall–Kier alpha value is -1.60. The topological polar surface area (TPSA) is 86.7 Å². The van der Waals surface area contributed by atoms with Crippen molar-refractivity contribution in [3.8, 4) is 0 Å². The molecule has 0 saturated carbocycles. The second kappa shape index (κ2) is 7.11. The molecule has 1 atom stereocenters. The van der Waals surface area contributed by atoms with Crippen molar-refractivity contribution in [2.75, 3.05) is 11.3 Å². The van der Waals surface area contributed by atoms with Crippen LogP contribution in [0.2, 0.25) is 0 Å². The van der Waals surface area contributed by atoms with Crippen molar-refractivity contribution in [2.45, 2.75) is 45.1 Å². The Kier molecular flexibility index (Phi) is 5.42. The van der Waals surface area contributed by atoms with Crippen molar-refractivity contribution in [3.05, 3.63) is 29.8 Å². The normalized spacial score (nSPS) is 19.2. The first-order chi connectivity index (χ1) is 10.4. The largest absolute Gasteiger partial charge is 0.481 e. The molecule has 1 saturated heterocycles. The van der Waals surface area contributed by atoms with E-state index in [2.05, 4.69) is 4.72 Å². The van der Waals surface area contributed by atoms with Gasteiger partial charge in [0.25, 0.3) is 0 Å². The highest BCUT2D eigenvalue weighted by Crippen LogP contribution is 2.22. The summed E-state index contributed by atoms with van der Waals surface area (Å²) < 4.78 is 28.7. The van der Waals surface area contributed by atoms with Gasteiger partial charge in [-0.05, 0) is 50.3 Å². The van der Waals surface area contributed by atoms with Crippen LogP contribution in [-0.2, 0) is 21.4 Å². The lowest BCUT2D eigenvalue weighted by atomic mass is 10.1. The second-order valence-electron chi connectivity index (χ2n) is 5.65. The van der Waals surface area contributed by atoms with Gasteiger partial charge in [-0.2, -0.15) is 12.7 Å². The molecule has 1 aliphatic heterocycles. The molecule has 2 rings (SSSR count). The van der Waals surface area contributed by atoms with Gasteiger partial charge in [0.15, 0.2) is 0 Å². The molecule has 0 aliphatic carbocycles. The fourth-order valence-corrected chi connectivity index (χ4v) is 4.15. The average Bonchev–Trinajstić information content (AvgIpc) is 2.87. The molecule has 0 bridgehead atoms. The molecule has 122 valence electrons. The number of aliphatic carboxylic acids is 1. The highest BCUT2D eigenvalue weighted by Gasteiger charge is 2.31. The molecule has 0 aromatic heterocycles. The number of carboxylic acid groups (broad SMARTS) is 1. The third kappa shape index (κ3) is 4.45. The average molecular weight is 326 g/mol. The molecule has 6 nitrogen and oxygen atoms in total. The molecule has 1 aromatic rings. The smallest absolute Gasteiger partial charge is 0.303 e. The molecule has 22 heavy (non-hydrogen) atoms. The third-order valence-corrected chi connectivity index (χ3v) is 5.51. The van der Waals surface area contributed by atoms with Crippen LogP contribution >= 0.6 is 0 Å². The van der Waals surface area contributed by atoms with E-state index in [4.69, 9.17) is 5.11 Å². The minimum atomic E-state index is -3.50. The summed E-state index contributed by atoms with van der Waals surface area (Å²) in [7, 11) is -3.50. The maximum absolute atomic E-state index is 12.3. The molecule has 0 spiro atoms. The highest BCUT2D eigenvalue weighted by molar-refractivity contribution is 7.90. The molecule has 7 heteroatoms. The monoisotopic (exact) mass is 326 g/mol. The molecule has 1 aliphatic rings. The number of anilines is 1. The number of rotatable bonds is 7. The molecule has 0 amide bonds. The predicted molar refractivity (Wildman–Crippen MR) is 85.0 cm³/mol. The zero-order valence-electron chi connectivity index (χ0n) is 12.7. The lowest BCUT2D eigenvalue weighted by Crippen LogP contribution is -2.37. The van der Waals surface area contributed by atoms with Gasteiger partial charge in [0.2, 0.25) is 0 Å². The lowest BCUT2D eigenvalue weighted by molar-refractivity contribution is -0.137. The highest BCUT2D eigenvalue weighted by atomic mass is 32.2. The van der Waals surface area contributed by atoms with E-state index in [1.54, 1.807) is 12.1 Å². The number of aryl methyl sites for hydroxylation is 1. The first kappa shape index (κ1) is 16.8. The van der Waals surface area contributed by atoms with Gasteiger partial charge in [0.05, 0.1) is 0 Å². The van der Waals surface area contributed by atoms with Crippen molar-refractivity contribution in [1.82, 2.24) is 4.31 Å². The summed E-state index contributed by atoms with van der Waals surface area (Å²) in [5, 5.41) is 8.61. The van der Waals surface area contributed by atoms with Crippen molar-refractivity contribution < 1.29 is 18.3 Å². The van der Waals surface area contributed by atoms with E-state index in [1.807, 2.05) is 19.1 Å². The van der Waals surface area contributed by atoms with E-state index >= 15 is 0 Å². The minimum absolute atomic E-state index is 0.0350. The van der Waals surface area contributed by atoms with Crippen molar-refractivity contribution in [3.63, 3.8) is 0 Å². The van der Waals surface area contributed by atoms with E-state index in [0.717, 1.165) is 18.4 Å². The summed E-state index contributed by atoms with van der Waals surface area (Å²) in [6.07, 6.45) is 3.17. The summed E-state index contributed by atoms with van der Waals surface area (Å²) >= 11 is 0. The van der Waals surface area contributed by atoms with Crippen LogP contribution in [0.3, 0.4) is 0 Å². The first-order valence-electron chi connectivity index (χ1n) is 7.49. The van der Waals surface area contributed by atoms with Gasteiger partial charge >= 0.3 is 16.2 Å².